The molecule has 3 aromatic carbocycles. The van der Waals surface area contributed by atoms with Crippen molar-refractivity contribution in [3.63, 3.8) is 0 Å². The molecule has 0 heterocycles. The van der Waals surface area contributed by atoms with E-state index in [1.54, 1.807) is 19.1 Å². The highest BCUT2D eigenvalue weighted by Crippen LogP contribution is 2.24. The summed E-state index contributed by atoms with van der Waals surface area (Å²) in [6, 6.07) is 19.6. The minimum Gasteiger partial charge on any atom is -0.497 e. The van der Waals surface area contributed by atoms with Crippen molar-refractivity contribution in [3.05, 3.63) is 70.7 Å². The van der Waals surface area contributed by atoms with Crippen molar-refractivity contribution in [1.29, 1.82) is 0 Å². The van der Waals surface area contributed by atoms with Gasteiger partial charge >= 0.3 is 0 Å². The van der Waals surface area contributed by atoms with Crippen molar-refractivity contribution >= 4 is 32.6 Å². The number of ether oxygens (including phenoxy) is 2. The minimum atomic E-state index is -0.0735. The zero-order chi connectivity index (χ0) is 18.5. The van der Waals surface area contributed by atoms with E-state index < -0.39 is 0 Å². The van der Waals surface area contributed by atoms with Crippen molar-refractivity contribution in [2.45, 2.75) is 6.54 Å². The number of hydrogen-bond donors (Lipinski definition) is 0. The number of rotatable bonds is 6. The molecular formula is C21H20BrNO3. The van der Waals surface area contributed by atoms with Crippen LogP contribution in [0.2, 0.25) is 0 Å². The maximum absolute atomic E-state index is 12.3. The number of methoxy groups -OCH3 is 1. The fourth-order valence-corrected chi connectivity index (χ4v) is 3.07. The molecule has 0 aliphatic carbocycles. The van der Waals surface area contributed by atoms with Gasteiger partial charge in [-0.2, -0.15) is 0 Å². The van der Waals surface area contributed by atoms with Gasteiger partial charge in [-0.3, -0.25) is 4.79 Å². The van der Waals surface area contributed by atoms with Crippen molar-refractivity contribution in [2.24, 2.45) is 0 Å². The number of carbonyl (C=O) groups is 1. The van der Waals surface area contributed by atoms with Gasteiger partial charge in [0.2, 0.25) is 0 Å². The Bertz CT molecular complexity index is 926. The van der Waals surface area contributed by atoms with E-state index in [1.165, 1.54) is 0 Å². The van der Waals surface area contributed by atoms with Crippen molar-refractivity contribution in [2.75, 3.05) is 20.8 Å². The molecule has 134 valence electrons. The highest BCUT2D eigenvalue weighted by Gasteiger charge is 2.11. The molecule has 3 aromatic rings. The van der Waals surface area contributed by atoms with Crippen molar-refractivity contribution in [1.82, 2.24) is 4.90 Å². The van der Waals surface area contributed by atoms with E-state index in [4.69, 9.17) is 9.47 Å². The Labute approximate surface area is 161 Å². The van der Waals surface area contributed by atoms with Crippen LogP contribution in [0, 0.1) is 0 Å². The molecule has 3 rings (SSSR count). The molecule has 5 heteroatoms. The fourth-order valence-electron chi connectivity index (χ4n) is 2.67. The Morgan fingerprint density at radius 1 is 1.04 bits per heavy atom. The van der Waals surface area contributed by atoms with Gasteiger partial charge in [-0.1, -0.05) is 30.3 Å². The van der Waals surface area contributed by atoms with Crippen LogP contribution in [0.4, 0.5) is 0 Å². The lowest BCUT2D eigenvalue weighted by molar-refractivity contribution is -0.132. The Kier molecular flexibility index (Phi) is 5.78. The van der Waals surface area contributed by atoms with Crippen molar-refractivity contribution in [3.8, 4) is 11.5 Å². The van der Waals surface area contributed by atoms with E-state index in [-0.39, 0.29) is 12.5 Å². The van der Waals surface area contributed by atoms with E-state index in [9.17, 15) is 4.79 Å². The topological polar surface area (TPSA) is 38.8 Å². The minimum absolute atomic E-state index is 0.00386. The molecule has 26 heavy (non-hydrogen) atoms. The van der Waals surface area contributed by atoms with Gasteiger partial charge in [0.15, 0.2) is 6.61 Å². The molecule has 0 saturated heterocycles. The van der Waals surface area contributed by atoms with E-state index in [0.29, 0.717) is 12.3 Å². The Hall–Kier alpha value is -2.53. The Balaban J connectivity index is 1.63. The molecule has 0 atom stereocenters. The van der Waals surface area contributed by atoms with Gasteiger partial charge in [0.05, 0.1) is 11.6 Å². The monoisotopic (exact) mass is 413 g/mol. The number of benzene rings is 3. The lowest BCUT2D eigenvalue weighted by Gasteiger charge is -2.18. The van der Waals surface area contributed by atoms with E-state index >= 15 is 0 Å². The highest BCUT2D eigenvalue weighted by atomic mass is 79.9. The number of para-hydroxylation sites is 1. The highest BCUT2D eigenvalue weighted by molar-refractivity contribution is 9.10. The van der Waals surface area contributed by atoms with E-state index in [2.05, 4.69) is 22.0 Å². The number of carbonyl (C=O) groups excluding carboxylic acids is 1. The molecule has 1 amide bonds. The smallest absolute Gasteiger partial charge is 0.260 e. The number of nitrogens with zero attached hydrogens (tertiary/aromatic N) is 1. The summed E-state index contributed by atoms with van der Waals surface area (Å²) in [7, 11) is 3.44. The molecule has 0 aromatic heterocycles. The maximum atomic E-state index is 12.3. The molecule has 0 fully saturated rings. The first kappa shape index (κ1) is 18.3. The van der Waals surface area contributed by atoms with E-state index in [1.807, 2.05) is 54.6 Å². The lowest BCUT2D eigenvalue weighted by atomic mass is 10.1. The second-order valence-corrected chi connectivity index (χ2v) is 6.87. The molecule has 0 spiro atoms. The van der Waals surface area contributed by atoms with E-state index in [0.717, 1.165) is 26.6 Å². The Morgan fingerprint density at radius 3 is 2.54 bits per heavy atom. The van der Waals surface area contributed by atoms with Crippen LogP contribution in [0.1, 0.15) is 5.56 Å². The van der Waals surface area contributed by atoms with Gasteiger partial charge in [0, 0.05) is 13.6 Å². The predicted molar refractivity (Wildman–Crippen MR) is 107 cm³/mol. The summed E-state index contributed by atoms with van der Waals surface area (Å²) in [5, 5.41) is 2.23. The fraction of sp³-hybridized carbons (Fsp3) is 0.190. The third-order valence-electron chi connectivity index (χ3n) is 4.15. The molecule has 0 saturated carbocycles. The molecular weight excluding hydrogens is 394 g/mol. The van der Waals surface area contributed by atoms with Crippen LogP contribution in [0.3, 0.4) is 0 Å². The number of hydrogen-bond acceptors (Lipinski definition) is 3. The average Bonchev–Trinajstić information content (AvgIpc) is 2.66. The average molecular weight is 414 g/mol. The maximum Gasteiger partial charge on any atom is 0.260 e. The summed E-state index contributed by atoms with van der Waals surface area (Å²) < 4.78 is 11.7. The molecule has 4 nitrogen and oxygen atoms in total. The zero-order valence-electron chi connectivity index (χ0n) is 14.7. The van der Waals surface area contributed by atoms with Crippen LogP contribution in [0.25, 0.3) is 10.8 Å². The van der Waals surface area contributed by atoms with Crippen LogP contribution in [-0.2, 0) is 11.3 Å². The largest absolute Gasteiger partial charge is 0.497 e. The quantitative estimate of drug-likeness (QED) is 0.590. The first-order valence-corrected chi connectivity index (χ1v) is 9.04. The lowest BCUT2D eigenvalue weighted by Crippen LogP contribution is -2.31. The predicted octanol–water partition coefficient (Wildman–Crippen LogP) is 4.65. The van der Waals surface area contributed by atoms with Crippen molar-refractivity contribution < 1.29 is 14.3 Å². The third-order valence-corrected chi connectivity index (χ3v) is 4.80. The molecule has 0 aliphatic rings. The van der Waals surface area contributed by atoms with Crippen LogP contribution < -0.4 is 9.47 Å². The van der Waals surface area contributed by atoms with Crippen LogP contribution in [0.15, 0.2) is 65.1 Å². The number of halogens is 1. The first-order chi connectivity index (χ1) is 12.6. The van der Waals surface area contributed by atoms with Gasteiger partial charge in [-0.05, 0) is 62.6 Å². The number of likely N-dealkylation sites (N-methyl/N-ethyl adjacent to an activating group) is 1. The summed E-state index contributed by atoms with van der Waals surface area (Å²) in [4.78, 5) is 14.0. The first-order valence-electron chi connectivity index (χ1n) is 8.25. The van der Waals surface area contributed by atoms with Gasteiger partial charge < -0.3 is 14.4 Å². The van der Waals surface area contributed by atoms with Gasteiger partial charge in [-0.15, -0.1) is 0 Å². The number of fused-ring (bicyclic) bond motifs is 1. The molecule has 0 radical (unpaired) electrons. The SMILES string of the molecule is COc1ccc2cc(CN(C)C(=O)COc3ccccc3Br)ccc2c1. The summed E-state index contributed by atoms with van der Waals surface area (Å²) >= 11 is 3.41. The van der Waals surface area contributed by atoms with Crippen LogP contribution >= 0.6 is 15.9 Å². The Morgan fingerprint density at radius 2 is 1.77 bits per heavy atom. The normalized spacial score (nSPS) is 10.6. The molecule has 0 N–H and O–H groups in total. The van der Waals surface area contributed by atoms with Gasteiger partial charge in [0.1, 0.15) is 11.5 Å². The summed E-state index contributed by atoms with van der Waals surface area (Å²) in [5.74, 6) is 1.42. The van der Waals surface area contributed by atoms with Gasteiger partial charge in [0.25, 0.3) is 5.91 Å². The summed E-state index contributed by atoms with van der Waals surface area (Å²) in [5.41, 5.74) is 1.07. The standard InChI is InChI=1S/C21H20BrNO3/c1-23(21(24)14-26-20-6-4-3-5-19(20)22)13-15-7-8-17-12-18(25-2)10-9-16(17)11-15/h3-12H,13-14H2,1-2H3. The van der Waals surface area contributed by atoms with Crippen LogP contribution in [-0.4, -0.2) is 31.6 Å². The summed E-state index contributed by atoms with van der Waals surface area (Å²) in [6.07, 6.45) is 0. The molecule has 0 aliphatic heterocycles. The second-order valence-electron chi connectivity index (χ2n) is 6.02. The molecule has 0 unspecified atom stereocenters. The zero-order valence-corrected chi connectivity index (χ0v) is 16.3. The third kappa shape index (κ3) is 4.35. The second kappa shape index (κ2) is 8.23. The van der Waals surface area contributed by atoms with Crippen LogP contribution in [0.5, 0.6) is 11.5 Å². The molecule has 0 bridgehead atoms. The summed E-state index contributed by atoms with van der Waals surface area (Å²) in [6.45, 7) is 0.532. The number of amides is 1. The van der Waals surface area contributed by atoms with Gasteiger partial charge in [-0.25, -0.2) is 0 Å².